The van der Waals surface area contributed by atoms with Crippen molar-refractivity contribution in [2.24, 2.45) is 0 Å². The molecule has 1 atom stereocenters. The van der Waals surface area contributed by atoms with E-state index in [1.165, 1.54) is 28.4 Å². The molecule has 2 rings (SSSR count). The molecule has 2 aromatic rings. The third-order valence-corrected chi connectivity index (χ3v) is 5.90. The Bertz CT molecular complexity index is 1030. The fraction of sp³-hybridized carbons (Fsp3) is 0.423. The first-order valence-corrected chi connectivity index (χ1v) is 10.9. The standard InChI is InChI=1S/C26H32N2O6/c1-28(14-11-19-7-9-22(31-2)20(15-19)17-29)13-6-12-26(18-27,25(30)34-5)21-8-10-23(32-3)24(16-21)33-4/h7-10,15-17H,6,11-14H2,1-5H3. The number of benzene rings is 2. The number of methoxy groups -OCH3 is 4. The number of carbonyl (C=O) groups is 2. The molecule has 0 heterocycles. The average molecular weight is 469 g/mol. The lowest BCUT2D eigenvalue weighted by atomic mass is 9.77. The Kier molecular flexibility index (Phi) is 9.90. The van der Waals surface area contributed by atoms with Crippen molar-refractivity contribution in [1.29, 1.82) is 5.26 Å². The molecule has 2 aromatic carbocycles. The van der Waals surface area contributed by atoms with E-state index in [2.05, 4.69) is 11.0 Å². The van der Waals surface area contributed by atoms with Gasteiger partial charge in [-0.15, -0.1) is 0 Å². The van der Waals surface area contributed by atoms with Gasteiger partial charge in [-0.05, 0) is 68.2 Å². The number of rotatable bonds is 13. The molecule has 0 amide bonds. The number of hydrogen-bond donors (Lipinski definition) is 0. The van der Waals surface area contributed by atoms with Crippen LogP contribution in [0.25, 0.3) is 0 Å². The number of carbonyl (C=O) groups excluding carboxylic acids is 2. The van der Waals surface area contributed by atoms with Gasteiger partial charge in [-0.3, -0.25) is 4.79 Å². The molecule has 0 aromatic heterocycles. The van der Waals surface area contributed by atoms with Crippen molar-refractivity contribution in [3.63, 3.8) is 0 Å². The summed E-state index contributed by atoms with van der Waals surface area (Å²) in [7, 11) is 7.82. The largest absolute Gasteiger partial charge is 0.496 e. The molecule has 8 heteroatoms. The second-order valence-electron chi connectivity index (χ2n) is 7.93. The lowest BCUT2D eigenvalue weighted by Crippen LogP contribution is -2.36. The van der Waals surface area contributed by atoms with Crippen LogP contribution in [0.4, 0.5) is 0 Å². The monoisotopic (exact) mass is 468 g/mol. The van der Waals surface area contributed by atoms with Gasteiger partial charge in [0.05, 0.1) is 40.1 Å². The normalized spacial score (nSPS) is 12.4. The van der Waals surface area contributed by atoms with E-state index in [9.17, 15) is 14.9 Å². The predicted octanol–water partition coefficient (Wildman–Crippen LogP) is 3.41. The van der Waals surface area contributed by atoms with Gasteiger partial charge in [0.2, 0.25) is 0 Å². The SMILES string of the molecule is COC(=O)C(C#N)(CCCN(C)CCc1ccc(OC)c(C=O)c1)c1ccc(OC)c(OC)c1. The predicted molar refractivity (Wildman–Crippen MR) is 128 cm³/mol. The third-order valence-electron chi connectivity index (χ3n) is 5.90. The number of nitrogens with zero attached hydrogens (tertiary/aromatic N) is 2. The van der Waals surface area contributed by atoms with Crippen LogP contribution >= 0.6 is 0 Å². The lowest BCUT2D eigenvalue weighted by Gasteiger charge is -2.26. The average Bonchev–Trinajstić information content (AvgIpc) is 2.88. The van der Waals surface area contributed by atoms with Gasteiger partial charge in [-0.1, -0.05) is 12.1 Å². The first-order valence-electron chi connectivity index (χ1n) is 10.9. The Morgan fingerprint density at radius 2 is 1.68 bits per heavy atom. The van der Waals surface area contributed by atoms with Crippen molar-refractivity contribution in [3.05, 3.63) is 53.1 Å². The summed E-state index contributed by atoms with van der Waals surface area (Å²) in [5, 5.41) is 10.1. The summed E-state index contributed by atoms with van der Waals surface area (Å²) < 4.78 is 20.8. The molecule has 0 aliphatic heterocycles. The second kappa shape index (κ2) is 12.6. The van der Waals surface area contributed by atoms with Crippen LogP contribution in [0.15, 0.2) is 36.4 Å². The Balaban J connectivity index is 2.08. The fourth-order valence-corrected chi connectivity index (χ4v) is 3.88. The minimum Gasteiger partial charge on any atom is -0.496 e. The van der Waals surface area contributed by atoms with Crippen LogP contribution in [0.2, 0.25) is 0 Å². The Labute approximate surface area is 201 Å². The number of likely N-dealkylation sites (N-methyl/N-ethyl adjacent to an activating group) is 1. The highest BCUT2D eigenvalue weighted by Gasteiger charge is 2.42. The maximum Gasteiger partial charge on any atom is 0.330 e. The fourth-order valence-electron chi connectivity index (χ4n) is 3.88. The van der Waals surface area contributed by atoms with Crippen LogP contribution < -0.4 is 14.2 Å². The van der Waals surface area contributed by atoms with Gasteiger partial charge < -0.3 is 23.8 Å². The van der Waals surface area contributed by atoms with Crippen LogP contribution in [-0.4, -0.2) is 65.7 Å². The van der Waals surface area contributed by atoms with E-state index in [0.29, 0.717) is 41.3 Å². The summed E-state index contributed by atoms with van der Waals surface area (Å²) in [4.78, 5) is 26.1. The molecule has 0 aliphatic carbocycles. The molecule has 34 heavy (non-hydrogen) atoms. The number of nitriles is 1. The van der Waals surface area contributed by atoms with E-state index in [1.54, 1.807) is 24.3 Å². The smallest absolute Gasteiger partial charge is 0.330 e. The first kappa shape index (κ1) is 26.7. The van der Waals surface area contributed by atoms with Gasteiger partial charge >= 0.3 is 5.97 Å². The minimum absolute atomic E-state index is 0.286. The van der Waals surface area contributed by atoms with Crippen LogP contribution in [0.5, 0.6) is 17.2 Å². The summed E-state index contributed by atoms with van der Waals surface area (Å²) >= 11 is 0. The molecule has 0 bridgehead atoms. The zero-order valence-electron chi connectivity index (χ0n) is 20.4. The minimum atomic E-state index is -1.45. The third kappa shape index (κ3) is 6.06. The highest BCUT2D eigenvalue weighted by Crippen LogP contribution is 2.36. The van der Waals surface area contributed by atoms with Crippen LogP contribution in [0.1, 0.15) is 34.3 Å². The molecule has 8 nitrogen and oxygen atoms in total. The molecule has 0 N–H and O–H groups in total. The van der Waals surface area contributed by atoms with Gasteiger partial charge in [0, 0.05) is 6.54 Å². The maximum absolute atomic E-state index is 12.7. The lowest BCUT2D eigenvalue weighted by molar-refractivity contribution is -0.145. The van der Waals surface area contributed by atoms with Crippen LogP contribution in [-0.2, 0) is 21.4 Å². The molecule has 0 saturated carbocycles. The second-order valence-corrected chi connectivity index (χ2v) is 7.93. The molecule has 0 spiro atoms. The van der Waals surface area contributed by atoms with E-state index >= 15 is 0 Å². The van der Waals surface area contributed by atoms with Crippen molar-refractivity contribution in [2.45, 2.75) is 24.7 Å². The summed E-state index contributed by atoms with van der Waals surface area (Å²) in [5.41, 5.74) is 0.599. The molecule has 1 unspecified atom stereocenters. The molecule has 0 fully saturated rings. The summed E-state index contributed by atoms with van der Waals surface area (Å²) in [5.74, 6) is 0.899. The van der Waals surface area contributed by atoms with E-state index in [4.69, 9.17) is 18.9 Å². The number of aldehydes is 1. The zero-order chi connectivity index (χ0) is 25.1. The summed E-state index contributed by atoms with van der Waals surface area (Å²) in [6.45, 7) is 1.42. The molecule has 182 valence electrons. The topological polar surface area (TPSA) is 98.1 Å². The van der Waals surface area contributed by atoms with Crippen molar-refractivity contribution in [2.75, 3.05) is 48.6 Å². The number of ether oxygens (including phenoxy) is 4. The van der Waals surface area contributed by atoms with Gasteiger partial charge in [-0.25, -0.2) is 4.79 Å². The van der Waals surface area contributed by atoms with E-state index in [0.717, 1.165) is 24.8 Å². The molecular weight excluding hydrogens is 436 g/mol. The first-order chi connectivity index (χ1) is 16.4. The summed E-state index contributed by atoms with van der Waals surface area (Å²) in [6, 6.07) is 12.8. The quantitative estimate of drug-likeness (QED) is 0.326. The Hall–Kier alpha value is -3.57. The van der Waals surface area contributed by atoms with Crippen molar-refractivity contribution in [1.82, 2.24) is 4.90 Å². The van der Waals surface area contributed by atoms with Crippen molar-refractivity contribution >= 4 is 12.3 Å². The number of hydrogen-bond acceptors (Lipinski definition) is 8. The van der Waals surface area contributed by atoms with Gasteiger partial charge in [0.15, 0.2) is 23.2 Å². The van der Waals surface area contributed by atoms with E-state index in [-0.39, 0.29) is 6.42 Å². The van der Waals surface area contributed by atoms with Crippen LogP contribution in [0, 0.1) is 11.3 Å². The van der Waals surface area contributed by atoms with E-state index < -0.39 is 11.4 Å². The Morgan fingerprint density at radius 3 is 2.26 bits per heavy atom. The molecule has 0 aliphatic rings. The molecule has 0 saturated heterocycles. The van der Waals surface area contributed by atoms with Gasteiger partial charge in [0.25, 0.3) is 0 Å². The highest BCUT2D eigenvalue weighted by atomic mass is 16.5. The highest BCUT2D eigenvalue weighted by molar-refractivity contribution is 5.87. The summed E-state index contributed by atoms with van der Waals surface area (Å²) in [6.07, 6.45) is 2.41. The zero-order valence-corrected chi connectivity index (χ0v) is 20.4. The molecular formula is C26H32N2O6. The maximum atomic E-state index is 12.7. The van der Waals surface area contributed by atoms with Gasteiger partial charge in [-0.2, -0.15) is 5.26 Å². The van der Waals surface area contributed by atoms with Crippen LogP contribution in [0.3, 0.4) is 0 Å². The van der Waals surface area contributed by atoms with E-state index in [1.807, 2.05) is 19.2 Å². The number of esters is 1. The van der Waals surface area contributed by atoms with Gasteiger partial charge in [0.1, 0.15) is 5.75 Å². The van der Waals surface area contributed by atoms with Crippen molar-refractivity contribution < 1.29 is 28.5 Å². The molecule has 0 radical (unpaired) electrons. The Morgan fingerprint density at radius 1 is 1.00 bits per heavy atom. The van der Waals surface area contributed by atoms with Crippen molar-refractivity contribution in [3.8, 4) is 23.3 Å².